The summed E-state index contributed by atoms with van der Waals surface area (Å²) in [6.07, 6.45) is 6.28. The lowest BCUT2D eigenvalue weighted by molar-refractivity contribution is -0.170. The van der Waals surface area contributed by atoms with Crippen molar-refractivity contribution < 1.29 is 29.6 Å². The van der Waals surface area contributed by atoms with E-state index in [1.54, 1.807) is 0 Å². The van der Waals surface area contributed by atoms with Gasteiger partial charge in [-0.25, -0.2) is 0 Å². The first-order chi connectivity index (χ1) is 14.4. The molecule has 0 radical (unpaired) electrons. The normalized spacial score (nSPS) is 32.7. The van der Waals surface area contributed by atoms with Crippen molar-refractivity contribution in [1.29, 1.82) is 0 Å². The molecule has 0 aromatic heterocycles. The molecule has 1 saturated carbocycles. The molecule has 2 aliphatic carbocycles. The molecule has 0 amide bonds. The molecular formula is C25H42O6. The first kappa shape index (κ1) is 25.9. The molecule has 1 unspecified atom stereocenters. The number of esters is 1. The summed E-state index contributed by atoms with van der Waals surface area (Å²) in [5.74, 6) is 0.461. The fourth-order valence-corrected chi connectivity index (χ4v) is 5.28. The summed E-state index contributed by atoms with van der Waals surface area (Å²) >= 11 is 0. The molecule has 3 N–H and O–H groups in total. The van der Waals surface area contributed by atoms with Gasteiger partial charge in [-0.15, -0.1) is 0 Å². The molecule has 6 heteroatoms. The molecule has 6 nitrogen and oxygen atoms in total. The quantitative estimate of drug-likeness (QED) is 0.349. The molecule has 0 heterocycles. The topological polar surface area (TPSA) is 104 Å². The molecule has 0 spiro atoms. The third-order valence-corrected chi connectivity index (χ3v) is 7.55. The molecule has 0 bridgehead atoms. The number of aliphatic hydroxyl groups is 2. The SMILES string of the molecule is CCC(C)(C)C(=O)O[C@H]1C[C@H](C)CC2C=C[C@H](C)[C@H](CC[C@@H](O)C[C@@H](O)CC(=O)O)[C@H]21. The van der Waals surface area contributed by atoms with E-state index in [0.29, 0.717) is 24.2 Å². The van der Waals surface area contributed by atoms with E-state index < -0.39 is 23.6 Å². The summed E-state index contributed by atoms with van der Waals surface area (Å²) in [5.41, 5.74) is -0.502. The largest absolute Gasteiger partial charge is 0.481 e. The predicted molar refractivity (Wildman–Crippen MR) is 119 cm³/mol. The second kappa shape index (κ2) is 11.0. The van der Waals surface area contributed by atoms with Crippen molar-refractivity contribution in [1.82, 2.24) is 0 Å². The molecule has 0 aromatic carbocycles. The van der Waals surface area contributed by atoms with Gasteiger partial charge in [-0.05, 0) is 76.0 Å². The third-order valence-electron chi connectivity index (χ3n) is 7.55. The standard InChI is InChI=1S/C25H42O6/c1-6-25(4,5)24(30)31-21-12-15(2)11-17-8-7-16(3)20(23(17)21)10-9-18(26)13-19(27)14-22(28)29/h7-8,15-21,23,26-27H,6,9-14H2,1-5H3,(H,28,29)/t15-,16+,17?,18-,19-,20+,21+,23+/m1/s1. The molecule has 178 valence electrons. The van der Waals surface area contributed by atoms with E-state index in [1.807, 2.05) is 20.8 Å². The van der Waals surface area contributed by atoms with E-state index in [4.69, 9.17) is 9.84 Å². The van der Waals surface area contributed by atoms with Crippen LogP contribution in [-0.4, -0.2) is 45.6 Å². The highest BCUT2D eigenvalue weighted by atomic mass is 16.5. The van der Waals surface area contributed by atoms with Gasteiger partial charge < -0.3 is 20.1 Å². The zero-order chi connectivity index (χ0) is 23.3. The number of allylic oxidation sites excluding steroid dienone is 2. The zero-order valence-electron chi connectivity index (χ0n) is 19.8. The highest BCUT2D eigenvalue weighted by Gasteiger charge is 2.46. The smallest absolute Gasteiger partial charge is 0.311 e. The number of carbonyl (C=O) groups excluding carboxylic acids is 1. The Hall–Kier alpha value is -1.40. The monoisotopic (exact) mass is 438 g/mol. The van der Waals surface area contributed by atoms with Gasteiger partial charge in [-0.3, -0.25) is 9.59 Å². The minimum Gasteiger partial charge on any atom is -0.481 e. The lowest BCUT2D eigenvalue weighted by atomic mass is 9.60. The Labute approximate surface area is 187 Å². The maximum absolute atomic E-state index is 12.9. The van der Waals surface area contributed by atoms with Gasteiger partial charge in [-0.1, -0.05) is 32.9 Å². The van der Waals surface area contributed by atoms with Crippen LogP contribution in [0.1, 0.15) is 79.6 Å². The molecule has 1 fully saturated rings. The van der Waals surface area contributed by atoms with Crippen LogP contribution < -0.4 is 0 Å². The van der Waals surface area contributed by atoms with E-state index in [9.17, 15) is 19.8 Å². The van der Waals surface area contributed by atoms with Crippen molar-refractivity contribution in [3.8, 4) is 0 Å². The molecular weight excluding hydrogens is 396 g/mol. The number of rotatable bonds is 10. The third kappa shape index (κ3) is 7.04. The minimum absolute atomic E-state index is 0.0669. The summed E-state index contributed by atoms with van der Waals surface area (Å²) in [6.45, 7) is 10.3. The van der Waals surface area contributed by atoms with E-state index >= 15 is 0 Å². The number of carboxylic acid groups (broad SMARTS) is 1. The molecule has 0 aromatic rings. The van der Waals surface area contributed by atoms with Gasteiger partial charge in [0.2, 0.25) is 0 Å². The van der Waals surface area contributed by atoms with Crippen molar-refractivity contribution in [3.63, 3.8) is 0 Å². The van der Waals surface area contributed by atoms with Crippen LogP contribution in [-0.2, 0) is 14.3 Å². The molecule has 2 aliphatic rings. The van der Waals surface area contributed by atoms with Gasteiger partial charge >= 0.3 is 11.9 Å². The van der Waals surface area contributed by atoms with Gasteiger partial charge in [0.25, 0.3) is 0 Å². The fourth-order valence-electron chi connectivity index (χ4n) is 5.28. The molecule has 8 atom stereocenters. The Morgan fingerprint density at radius 1 is 1.13 bits per heavy atom. The van der Waals surface area contributed by atoms with Crippen LogP contribution >= 0.6 is 0 Å². The number of aliphatic carboxylic acids is 1. The van der Waals surface area contributed by atoms with Gasteiger partial charge in [0.05, 0.1) is 24.0 Å². The fraction of sp³-hybridized carbons (Fsp3) is 0.840. The van der Waals surface area contributed by atoms with Crippen LogP contribution in [0.3, 0.4) is 0 Å². The number of ether oxygens (including phenoxy) is 1. The van der Waals surface area contributed by atoms with Crippen molar-refractivity contribution in [2.24, 2.45) is 35.0 Å². The summed E-state index contributed by atoms with van der Waals surface area (Å²) in [6, 6.07) is 0. The van der Waals surface area contributed by atoms with Crippen LogP contribution in [0.5, 0.6) is 0 Å². The molecule has 0 saturated heterocycles. The molecule has 31 heavy (non-hydrogen) atoms. The van der Waals surface area contributed by atoms with Gasteiger partial charge in [0, 0.05) is 5.92 Å². The maximum atomic E-state index is 12.9. The Morgan fingerprint density at radius 2 is 1.81 bits per heavy atom. The molecule has 0 aliphatic heterocycles. The summed E-state index contributed by atoms with van der Waals surface area (Å²) in [4.78, 5) is 23.6. The number of aliphatic hydroxyl groups excluding tert-OH is 2. The van der Waals surface area contributed by atoms with Crippen molar-refractivity contribution in [3.05, 3.63) is 12.2 Å². The number of carbonyl (C=O) groups is 2. The van der Waals surface area contributed by atoms with E-state index in [-0.39, 0.29) is 36.8 Å². The summed E-state index contributed by atoms with van der Waals surface area (Å²) < 4.78 is 6.14. The Bertz CT molecular complexity index is 642. The number of carboxylic acids is 1. The second-order valence-electron chi connectivity index (χ2n) is 10.6. The van der Waals surface area contributed by atoms with Crippen molar-refractivity contribution >= 4 is 11.9 Å². The van der Waals surface area contributed by atoms with Crippen molar-refractivity contribution in [2.45, 2.75) is 97.9 Å². The average molecular weight is 439 g/mol. The highest BCUT2D eigenvalue weighted by Crippen LogP contribution is 2.48. The highest BCUT2D eigenvalue weighted by molar-refractivity contribution is 5.76. The Balaban J connectivity index is 2.09. The minimum atomic E-state index is -1.07. The van der Waals surface area contributed by atoms with E-state index in [1.165, 1.54) is 0 Å². The number of hydrogen-bond acceptors (Lipinski definition) is 5. The van der Waals surface area contributed by atoms with E-state index in [0.717, 1.165) is 25.7 Å². The first-order valence-corrected chi connectivity index (χ1v) is 11.9. The van der Waals surface area contributed by atoms with Crippen LogP contribution in [0.15, 0.2) is 12.2 Å². The summed E-state index contributed by atoms with van der Waals surface area (Å²) in [7, 11) is 0. The van der Waals surface area contributed by atoms with Crippen LogP contribution in [0.25, 0.3) is 0 Å². The van der Waals surface area contributed by atoms with Gasteiger partial charge in [0.15, 0.2) is 0 Å². The molecule has 2 rings (SSSR count). The average Bonchev–Trinajstić information content (AvgIpc) is 2.66. The number of fused-ring (bicyclic) bond motifs is 1. The predicted octanol–water partition coefficient (Wildman–Crippen LogP) is 4.19. The van der Waals surface area contributed by atoms with Crippen LogP contribution in [0, 0.1) is 35.0 Å². The Kier molecular flexibility index (Phi) is 9.14. The number of hydrogen-bond donors (Lipinski definition) is 3. The second-order valence-corrected chi connectivity index (χ2v) is 10.6. The van der Waals surface area contributed by atoms with Gasteiger partial charge in [-0.2, -0.15) is 0 Å². The first-order valence-electron chi connectivity index (χ1n) is 11.9. The van der Waals surface area contributed by atoms with E-state index in [2.05, 4.69) is 26.0 Å². The van der Waals surface area contributed by atoms with Crippen LogP contribution in [0.2, 0.25) is 0 Å². The van der Waals surface area contributed by atoms with Gasteiger partial charge in [0.1, 0.15) is 6.10 Å². The van der Waals surface area contributed by atoms with Crippen LogP contribution in [0.4, 0.5) is 0 Å². The lowest BCUT2D eigenvalue weighted by Crippen LogP contribution is -2.47. The van der Waals surface area contributed by atoms with Crippen molar-refractivity contribution in [2.75, 3.05) is 0 Å². The zero-order valence-corrected chi connectivity index (χ0v) is 19.8. The summed E-state index contributed by atoms with van der Waals surface area (Å²) in [5, 5.41) is 29.0. The lowest BCUT2D eigenvalue weighted by Gasteiger charge is -2.48. The maximum Gasteiger partial charge on any atom is 0.311 e. The Morgan fingerprint density at radius 3 is 2.42 bits per heavy atom.